The van der Waals surface area contributed by atoms with Gasteiger partial charge in [-0.25, -0.2) is 0 Å². The maximum atomic E-state index is 6.56. The molecular formula is C14H32N2. The van der Waals surface area contributed by atoms with E-state index in [1.807, 2.05) is 0 Å². The molecule has 4 N–H and O–H groups in total. The van der Waals surface area contributed by atoms with Crippen LogP contribution in [-0.2, 0) is 0 Å². The molecule has 0 rings (SSSR count). The molecular weight excluding hydrogens is 196 g/mol. The fourth-order valence-electron chi connectivity index (χ4n) is 2.74. The fraction of sp³-hybridized carbons (Fsp3) is 1.00. The minimum atomic E-state index is -0.200. The molecule has 0 aromatic heterocycles. The van der Waals surface area contributed by atoms with Crippen molar-refractivity contribution in [1.29, 1.82) is 0 Å². The highest BCUT2D eigenvalue weighted by atomic mass is 14.8. The highest BCUT2D eigenvalue weighted by Crippen LogP contribution is 2.31. The molecule has 0 fully saturated rings. The van der Waals surface area contributed by atoms with E-state index in [0.717, 1.165) is 12.8 Å². The van der Waals surface area contributed by atoms with Crippen molar-refractivity contribution in [2.24, 2.45) is 35.1 Å². The Hall–Kier alpha value is -0.0800. The smallest absolute Gasteiger partial charge is 0.0330 e. The zero-order chi connectivity index (χ0) is 12.9. The SMILES string of the molecule is CC(C)CC(C)C(N)(CN)C(C)CC(C)C. The van der Waals surface area contributed by atoms with Gasteiger partial charge in [0.1, 0.15) is 0 Å². The van der Waals surface area contributed by atoms with Crippen LogP contribution in [0.2, 0.25) is 0 Å². The summed E-state index contributed by atoms with van der Waals surface area (Å²) < 4.78 is 0. The van der Waals surface area contributed by atoms with Crippen LogP contribution >= 0.6 is 0 Å². The predicted octanol–water partition coefficient (Wildman–Crippen LogP) is 3.01. The second-order valence-corrected chi connectivity index (χ2v) is 6.38. The van der Waals surface area contributed by atoms with Crippen molar-refractivity contribution >= 4 is 0 Å². The molecule has 0 amide bonds. The molecule has 2 heteroatoms. The third-order valence-electron chi connectivity index (χ3n) is 3.84. The summed E-state index contributed by atoms with van der Waals surface area (Å²) in [7, 11) is 0. The van der Waals surface area contributed by atoms with Crippen LogP contribution in [0.1, 0.15) is 54.4 Å². The van der Waals surface area contributed by atoms with Gasteiger partial charge in [0.15, 0.2) is 0 Å². The summed E-state index contributed by atoms with van der Waals surface area (Å²) in [6, 6.07) is 0. The summed E-state index contributed by atoms with van der Waals surface area (Å²) in [5.41, 5.74) is 12.3. The molecule has 0 aromatic rings. The molecule has 16 heavy (non-hydrogen) atoms. The molecule has 0 saturated carbocycles. The van der Waals surface area contributed by atoms with Crippen molar-refractivity contribution < 1.29 is 0 Å². The average molecular weight is 228 g/mol. The van der Waals surface area contributed by atoms with Gasteiger partial charge in [-0.05, 0) is 36.5 Å². The standard InChI is InChI=1S/C14H32N2/c1-10(2)7-12(5)14(16,9-15)13(6)8-11(3)4/h10-13H,7-9,15-16H2,1-6H3. The molecule has 0 aliphatic heterocycles. The topological polar surface area (TPSA) is 52.0 Å². The van der Waals surface area contributed by atoms with Gasteiger partial charge < -0.3 is 11.5 Å². The number of hydrogen-bond acceptors (Lipinski definition) is 2. The van der Waals surface area contributed by atoms with Gasteiger partial charge in [-0.2, -0.15) is 0 Å². The lowest BCUT2D eigenvalue weighted by Crippen LogP contribution is -2.57. The Morgan fingerprint density at radius 3 is 1.31 bits per heavy atom. The number of nitrogens with two attached hydrogens (primary N) is 2. The van der Waals surface area contributed by atoms with Gasteiger partial charge in [-0.15, -0.1) is 0 Å². The summed E-state index contributed by atoms with van der Waals surface area (Å²) >= 11 is 0. The Labute approximate surface area is 102 Å². The lowest BCUT2D eigenvalue weighted by Gasteiger charge is -2.41. The molecule has 2 unspecified atom stereocenters. The van der Waals surface area contributed by atoms with Gasteiger partial charge in [0.2, 0.25) is 0 Å². The normalized spacial score (nSPS) is 19.9. The van der Waals surface area contributed by atoms with Gasteiger partial charge in [-0.1, -0.05) is 41.5 Å². The van der Waals surface area contributed by atoms with Crippen LogP contribution in [-0.4, -0.2) is 12.1 Å². The molecule has 2 nitrogen and oxygen atoms in total. The Morgan fingerprint density at radius 1 is 0.812 bits per heavy atom. The largest absolute Gasteiger partial charge is 0.329 e. The molecule has 0 aliphatic carbocycles. The van der Waals surface area contributed by atoms with Gasteiger partial charge in [-0.3, -0.25) is 0 Å². The van der Waals surface area contributed by atoms with Crippen molar-refractivity contribution in [3.63, 3.8) is 0 Å². The van der Waals surface area contributed by atoms with E-state index in [2.05, 4.69) is 41.5 Å². The van der Waals surface area contributed by atoms with E-state index in [4.69, 9.17) is 11.5 Å². The molecule has 0 aromatic carbocycles. The molecule has 0 spiro atoms. The minimum Gasteiger partial charge on any atom is -0.329 e. The van der Waals surface area contributed by atoms with Crippen LogP contribution in [0.15, 0.2) is 0 Å². The number of rotatable bonds is 7. The van der Waals surface area contributed by atoms with Crippen molar-refractivity contribution in [3.8, 4) is 0 Å². The molecule has 0 radical (unpaired) electrons. The van der Waals surface area contributed by atoms with Crippen LogP contribution in [0.3, 0.4) is 0 Å². The second kappa shape index (κ2) is 6.61. The van der Waals surface area contributed by atoms with E-state index in [-0.39, 0.29) is 5.54 Å². The Bertz CT molecular complexity index is 171. The fourth-order valence-corrected chi connectivity index (χ4v) is 2.74. The lowest BCUT2D eigenvalue weighted by atomic mass is 9.70. The molecule has 0 heterocycles. The first-order valence-electron chi connectivity index (χ1n) is 6.72. The third-order valence-corrected chi connectivity index (χ3v) is 3.84. The maximum Gasteiger partial charge on any atom is 0.0330 e. The summed E-state index contributed by atoms with van der Waals surface area (Å²) in [4.78, 5) is 0. The molecule has 0 aliphatic rings. The third kappa shape index (κ3) is 4.42. The van der Waals surface area contributed by atoms with Crippen molar-refractivity contribution in [2.75, 3.05) is 6.54 Å². The Kier molecular flexibility index (Phi) is 6.57. The first-order valence-corrected chi connectivity index (χ1v) is 6.72. The van der Waals surface area contributed by atoms with Crippen LogP contribution in [0, 0.1) is 23.7 Å². The Morgan fingerprint density at radius 2 is 1.12 bits per heavy atom. The summed E-state index contributed by atoms with van der Waals surface area (Å²) in [5, 5.41) is 0. The second-order valence-electron chi connectivity index (χ2n) is 6.38. The molecule has 2 atom stereocenters. The van der Waals surface area contributed by atoms with E-state index in [1.54, 1.807) is 0 Å². The molecule has 0 saturated heterocycles. The summed E-state index contributed by atoms with van der Waals surface area (Å²) in [5.74, 6) is 2.36. The summed E-state index contributed by atoms with van der Waals surface area (Å²) in [6.45, 7) is 14.1. The molecule has 0 bridgehead atoms. The van der Waals surface area contributed by atoms with E-state index >= 15 is 0 Å². The maximum absolute atomic E-state index is 6.56. The highest BCUT2D eigenvalue weighted by molar-refractivity contribution is 4.95. The van der Waals surface area contributed by atoms with Crippen LogP contribution in [0.5, 0.6) is 0 Å². The van der Waals surface area contributed by atoms with E-state index in [0.29, 0.717) is 30.2 Å². The van der Waals surface area contributed by atoms with E-state index < -0.39 is 0 Å². The van der Waals surface area contributed by atoms with Gasteiger partial charge in [0, 0.05) is 12.1 Å². The van der Waals surface area contributed by atoms with Crippen molar-refractivity contribution in [3.05, 3.63) is 0 Å². The van der Waals surface area contributed by atoms with E-state index in [1.165, 1.54) is 0 Å². The Balaban J connectivity index is 4.61. The summed E-state index contributed by atoms with van der Waals surface area (Å²) in [6.07, 6.45) is 2.33. The van der Waals surface area contributed by atoms with Crippen LogP contribution < -0.4 is 11.5 Å². The predicted molar refractivity (Wildman–Crippen MR) is 73.2 cm³/mol. The van der Waals surface area contributed by atoms with Crippen LogP contribution in [0.25, 0.3) is 0 Å². The average Bonchev–Trinajstić information content (AvgIpc) is 2.14. The number of hydrogen-bond donors (Lipinski definition) is 2. The first kappa shape index (κ1) is 15.9. The van der Waals surface area contributed by atoms with Crippen molar-refractivity contribution in [1.82, 2.24) is 0 Å². The van der Waals surface area contributed by atoms with Crippen LogP contribution in [0.4, 0.5) is 0 Å². The zero-order valence-corrected chi connectivity index (χ0v) is 12.1. The minimum absolute atomic E-state index is 0.200. The lowest BCUT2D eigenvalue weighted by molar-refractivity contribution is 0.163. The van der Waals surface area contributed by atoms with Gasteiger partial charge in [0.05, 0.1) is 0 Å². The van der Waals surface area contributed by atoms with Gasteiger partial charge in [0.25, 0.3) is 0 Å². The molecule has 98 valence electrons. The zero-order valence-electron chi connectivity index (χ0n) is 12.1. The highest BCUT2D eigenvalue weighted by Gasteiger charge is 2.36. The first-order chi connectivity index (χ1) is 7.24. The van der Waals surface area contributed by atoms with E-state index in [9.17, 15) is 0 Å². The monoisotopic (exact) mass is 228 g/mol. The van der Waals surface area contributed by atoms with Gasteiger partial charge >= 0.3 is 0 Å². The quantitative estimate of drug-likeness (QED) is 0.704. The van der Waals surface area contributed by atoms with Crippen molar-refractivity contribution in [2.45, 2.75) is 59.9 Å².